The Hall–Kier alpha value is -1.52. The molecule has 0 aliphatic carbocycles. The van der Waals surface area contributed by atoms with Crippen molar-refractivity contribution in [3.63, 3.8) is 0 Å². The van der Waals surface area contributed by atoms with Gasteiger partial charge in [-0.15, -0.1) is 0 Å². The molecule has 5 heteroatoms. The van der Waals surface area contributed by atoms with E-state index >= 15 is 0 Å². The molecule has 0 spiro atoms. The number of nitrogens with zero attached hydrogens (tertiary/aromatic N) is 2. The van der Waals surface area contributed by atoms with Gasteiger partial charge in [0.15, 0.2) is 0 Å². The Labute approximate surface area is 110 Å². The molecule has 0 fully saturated rings. The van der Waals surface area contributed by atoms with Crippen molar-refractivity contribution >= 4 is 17.6 Å². The van der Waals surface area contributed by atoms with E-state index in [-0.39, 0.29) is 5.41 Å². The van der Waals surface area contributed by atoms with Crippen LogP contribution in [0, 0.1) is 5.41 Å². The smallest absolute Gasteiger partial charge is 0.223 e. The van der Waals surface area contributed by atoms with Gasteiger partial charge in [0.1, 0.15) is 11.6 Å². The van der Waals surface area contributed by atoms with Gasteiger partial charge in [-0.1, -0.05) is 27.7 Å². The number of aromatic nitrogens is 2. The van der Waals surface area contributed by atoms with Crippen LogP contribution in [0.3, 0.4) is 0 Å². The van der Waals surface area contributed by atoms with E-state index in [9.17, 15) is 0 Å². The number of nitrogen functional groups attached to an aromatic ring is 1. The van der Waals surface area contributed by atoms with Gasteiger partial charge in [-0.05, 0) is 18.8 Å². The molecule has 0 radical (unpaired) electrons. The van der Waals surface area contributed by atoms with Gasteiger partial charge in [-0.25, -0.2) is 0 Å². The SMILES string of the molecule is CCCNc1cc(NC(C)C(C)(C)C)nc(N)n1. The van der Waals surface area contributed by atoms with Gasteiger partial charge >= 0.3 is 0 Å². The summed E-state index contributed by atoms with van der Waals surface area (Å²) in [5.41, 5.74) is 5.88. The fourth-order valence-corrected chi connectivity index (χ4v) is 1.32. The van der Waals surface area contributed by atoms with Crippen molar-refractivity contribution < 1.29 is 0 Å². The quantitative estimate of drug-likeness (QED) is 0.750. The highest BCUT2D eigenvalue weighted by Crippen LogP contribution is 2.23. The second-order valence-electron chi connectivity index (χ2n) is 5.66. The van der Waals surface area contributed by atoms with Crippen molar-refractivity contribution in [3.05, 3.63) is 6.07 Å². The fraction of sp³-hybridized carbons (Fsp3) is 0.692. The zero-order valence-electron chi connectivity index (χ0n) is 12.0. The Kier molecular flexibility index (Phi) is 4.76. The van der Waals surface area contributed by atoms with Crippen molar-refractivity contribution in [2.45, 2.75) is 47.1 Å². The van der Waals surface area contributed by atoms with E-state index in [0.29, 0.717) is 12.0 Å². The summed E-state index contributed by atoms with van der Waals surface area (Å²) in [6, 6.07) is 2.19. The molecule has 102 valence electrons. The molecule has 1 heterocycles. The van der Waals surface area contributed by atoms with Gasteiger partial charge in [0.25, 0.3) is 0 Å². The summed E-state index contributed by atoms with van der Waals surface area (Å²) >= 11 is 0. The van der Waals surface area contributed by atoms with Crippen LogP contribution >= 0.6 is 0 Å². The van der Waals surface area contributed by atoms with Crippen LogP contribution in [0.2, 0.25) is 0 Å². The topological polar surface area (TPSA) is 75.9 Å². The highest BCUT2D eigenvalue weighted by molar-refractivity contribution is 5.51. The molecule has 0 aliphatic rings. The molecular weight excluding hydrogens is 226 g/mol. The average Bonchev–Trinajstić information content (AvgIpc) is 2.24. The molecule has 0 saturated carbocycles. The molecule has 0 saturated heterocycles. The van der Waals surface area contributed by atoms with E-state index in [2.05, 4.69) is 55.2 Å². The second kappa shape index (κ2) is 5.89. The van der Waals surface area contributed by atoms with Crippen LogP contribution < -0.4 is 16.4 Å². The lowest BCUT2D eigenvalue weighted by Gasteiger charge is -2.28. The van der Waals surface area contributed by atoms with Gasteiger partial charge in [0.05, 0.1) is 0 Å². The molecule has 1 rings (SSSR count). The van der Waals surface area contributed by atoms with Gasteiger partial charge in [-0.2, -0.15) is 9.97 Å². The molecule has 18 heavy (non-hydrogen) atoms. The van der Waals surface area contributed by atoms with Gasteiger partial charge in [0, 0.05) is 18.7 Å². The van der Waals surface area contributed by atoms with Crippen molar-refractivity contribution in [1.82, 2.24) is 9.97 Å². The molecule has 0 aromatic carbocycles. The minimum atomic E-state index is 0.163. The summed E-state index contributed by atoms with van der Waals surface area (Å²) in [6.07, 6.45) is 1.05. The number of nitrogens with one attached hydrogen (secondary N) is 2. The van der Waals surface area contributed by atoms with E-state index in [0.717, 1.165) is 24.6 Å². The van der Waals surface area contributed by atoms with E-state index in [4.69, 9.17) is 5.73 Å². The Morgan fingerprint density at radius 3 is 2.44 bits per heavy atom. The normalized spacial score (nSPS) is 13.2. The molecule has 0 aliphatic heterocycles. The molecule has 0 amide bonds. The van der Waals surface area contributed by atoms with Crippen LogP contribution in [-0.4, -0.2) is 22.6 Å². The first-order valence-electron chi connectivity index (χ1n) is 6.48. The molecule has 1 unspecified atom stereocenters. The number of hydrogen-bond acceptors (Lipinski definition) is 5. The molecule has 1 aromatic rings. The first kappa shape index (κ1) is 14.5. The molecule has 5 nitrogen and oxygen atoms in total. The predicted molar refractivity (Wildman–Crippen MR) is 77.8 cm³/mol. The maximum absolute atomic E-state index is 5.71. The summed E-state index contributed by atoms with van der Waals surface area (Å²) < 4.78 is 0. The first-order valence-corrected chi connectivity index (χ1v) is 6.48. The first-order chi connectivity index (χ1) is 8.32. The third kappa shape index (κ3) is 4.39. The van der Waals surface area contributed by atoms with Crippen LogP contribution in [0.15, 0.2) is 6.07 Å². The zero-order valence-corrected chi connectivity index (χ0v) is 12.0. The van der Waals surface area contributed by atoms with Gasteiger partial charge < -0.3 is 16.4 Å². The van der Waals surface area contributed by atoms with E-state index in [1.165, 1.54) is 0 Å². The molecule has 4 N–H and O–H groups in total. The Morgan fingerprint density at radius 2 is 1.89 bits per heavy atom. The highest BCUT2D eigenvalue weighted by atomic mass is 15.1. The second-order valence-corrected chi connectivity index (χ2v) is 5.66. The maximum Gasteiger partial charge on any atom is 0.223 e. The largest absolute Gasteiger partial charge is 0.370 e. The Bertz CT molecular complexity index is 383. The predicted octanol–water partition coefficient (Wildman–Crippen LogP) is 2.73. The minimum absolute atomic E-state index is 0.163. The van der Waals surface area contributed by atoms with Gasteiger partial charge in [-0.3, -0.25) is 0 Å². The zero-order chi connectivity index (χ0) is 13.8. The summed E-state index contributed by atoms with van der Waals surface area (Å²) in [5, 5.41) is 6.58. The Morgan fingerprint density at radius 1 is 1.28 bits per heavy atom. The number of nitrogens with two attached hydrogens (primary N) is 1. The van der Waals surface area contributed by atoms with Crippen LogP contribution in [0.1, 0.15) is 41.0 Å². The van der Waals surface area contributed by atoms with E-state index in [1.807, 2.05) is 6.07 Å². The minimum Gasteiger partial charge on any atom is -0.370 e. The number of anilines is 3. The van der Waals surface area contributed by atoms with Crippen LogP contribution in [-0.2, 0) is 0 Å². The van der Waals surface area contributed by atoms with E-state index in [1.54, 1.807) is 0 Å². The van der Waals surface area contributed by atoms with Crippen LogP contribution in [0.25, 0.3) is 0 Å². The number of hydrogen-bond donors (Lipinski definition) is 3. The summed E-state index contributed by atoms with van der Waals surface area (Å²) in [4.78, 5) is 8.37. The average molecular weight is 251 g/mol. The molecule has 1 aromatic heterocycles. The lowest BCUT2D eigenvalue weighted by atomic mass is 9.88. The van der Waals surface area contributed by atoms with Crippen LogP contribution in [0.4, 0.5) is 17.6 Å². The van der Waals surface area contributed by atoms with Crippen molar-refractivity contribution in [2.24, 2.45) is 5.41 Å². The summed E-state index contributed by atoms with van der Waals surface area (Å²) in [5.74, 6) is 1.83. The summed E-state index contributed by atoms with van der Waals surface area (Å²) in [7, 11) is 0. The molecule has 0 bridgehead atoms. The molecule has 1 atom stereocenters. The van der Waals surface area contributed by atoms with Crippen molar-refractivity contribution in [1.29, 1.82) is 0 Å². The van der Waals surface area contributed by atoms with E-state index < -0.39 is 0 Å². The summed E-state index contributed by atoms with van der Waals surface area (Å²) in [6.45, 7) is 11.7. The standard InChI is InChI=1S/C13H25N5/c1-6-7-15-10-8-11(18-12(14)17-10)16-9(2)13(3,4)5/h8-9H,6-7H2,1-5H3,(H4,14,15,16,17,18). The number of rotatable bonds is 5. The maximum atomic E-state index is 5.71. The fourth-order valence-electron chi connectivity index (χ4n) is 1.32. The highest BCUT2D eigenvalue weighted by Gasteiger charge is 2.20. The van der Waals surface area contributed by atoms with Gasteiger partial charge in [0.2, 0.25) is 5.95 Å². The monoisotopic (exact) mass is 251 g/mol. The third-order valence-corrected chi connectivity index (χ3v) is 2.96. The van der Waals surface area contributed by atoms with Crippen molar-refractivity contribution in [3.8, 4) is 0 Å². The third-order valence-electron chi connectivity index (χ3n) is 2.96. The lowest BCUT2D eigenvalue weighted by Crippen LogP contribution is -2.31. The lowest BCUT2D eigenvalue weighted by molar-refractivity contribution is 0.359. The van der Waals surface area contributed by atoms with Crippen molar-refractivity contribution in [2.75, 3.05) is 22.9 Å². The Balaban J connectivity index is 2.79. The molecular formula is C13H25N5. The van der Waals surface area contributed by atoms with Crippen LogP contribution in [0.5, 0.6) is 0 Å².